The lowest BCUT2D eigenvalue weighted by Crippen LogP contribution is -2.02. The Morgan fingerprint density at radius 2 is 1.75 bits per heavy atom. The first-order valence-corrected chi connectivity index (χ1v) is 5.93. The highest BCUT2D eigenvalue weighted by molar-refractivity contribution is 7.87. The van der Waals surface area contributed by atoms with Gasteiger partial charge in [-0.2, -0.15) is 8.42 Å². The van der Waals surface area contributed by atoms with Crippen molar-refractivity contribution in [2.24, 2.45) is 5.16 Å². The van der Waals surface area contributed by atoms with Gasteiger partial charge in [0.15, 0.2) is 0 Å². The highest BCUT2D eigenvalue weighted by atomic mass is 32.2. The minimum Gasteiger partial charge on any atom is -0.265 e. The van der Waals surface area contributed by atoms with E-state index in [2.05, 4.69) is 16.2 Å². The van der Waals surface area contributed by atoms with Crippen LogP contribution in [0.4, 0.5) is 0 Å². The molecule has 0 saturated carbocycles. The molecule has 0 bridgehead atoms. The Labute approximate surface area is 93.3 Å². The number of benzene rings is 2. The quantitative estimate of drug-likeness (QED) is 0.605. The fourth-order valence-electron chi connectivity index (χ4n) is 1.52. The van der Waals surface area contributed by atoms with Gasteiger partial charge in [0.2, 0.25) is 0 Å². The van der Waals surface area contributed by atoms with Crippen molar-refractivity contribution in [3.63, 3.8) is 0 Å². The van der Waals surface area contributed by atoms with Gasteiger partial charge < -0.3 is 0 Å². The first-order valence-electron chi connectivity index (χ1n) is 4.52. The van der Waals surface area contributed by atoms with Crippen molar-refractivity contribution in [1.29, 1.82) is 0 Å². The first-order chi connectivity index (χ1) is 7.65. The number of oxime groups is 1. The van der Waals surface area contributed by atoms with E-state index in [-0.39, 0.29) is 4.90 Å². The second-order valence-electron chi connectivity index (χ2n) is 3.14. The van der Waals surface area contributed by atoms with Crippen LogP contribution in [-0.2, 0) is 14.4 Å². The molecule has 0 aromatic heterocycles. The van der Waals surface area contributed by atoms with E-state index in [4.69, 9.17) is 0 Å². The summed E-state index contributed by atoms with van der Waals surface area (Å²) in [7, 11) is -3.87. The molecule has 0 amide bonds. The summed E-state index contributed by atoms with van der Waals surface area (Å²) in [4.78, 5) is 0.0954. The molecule has 0 radical (unpaired) electrons. The van der Waals surface area contributed by atoms with Crippen molar-refractivity contribution < 1.29 is 12.7 Å². The van der Waals surface area contributed by atoms with Crippen LogP contribution in [0.2, 0.25) is 0 Å². The first kappa shape index (κ1) is 10.6. The smallest absolute Gasteiger partial charge is 0.265 e. The molecule has 0 aliphatic rings. The summed E-state index contributed by atoms with van der Waals surface area (Å²) < 4.78 is 27.7. The van der Waals surface area contributed by atoms with Crippen molar-refractivity contribution >= 4 is 27.6 Å². The molecule has 4 nitrogen and oxygen atoms in total. The largest absolute Gasteiger partial charge is 0.359 e. The lowest BCUT2D eigenvalue weighted by Gasteiger charge is -2.04. The van der Waals surface area contributed by atoms with Gasteiger partial charge in [0, 0.05) is 12.1 Å². The number of rotatable bonds is 3. The highest BCUT2D eigenvalue weighted by Gasteiger charge is 2.18. The third kappa shape index (κ3) is 1.77. The number of hydrogen-bond acceptors (Lipinski definition) is 4. The van der Waals surface area contributed by atoms with E-state index >= 15 is 0 Å². The molecule has 2 rings (SSSR count). The summed E-state index contributed by atoms with van der Waals surface area (Å²) in [5.74, 6) is 0. The van der Waals surface area contributed by atoms with E-state index in [0.717, 1.165) is 5.39 Å². The van der Waals surface area contributed by atoms with Crippen LogP contribution in [0.15, 0.2) is 52.5 Å². The molecule has 16 heavy (non-hydrogen) atoms. The van der Waals surface area contributed by atoms with E-state index in [1.807, 2.05) is 18.2 Å². The van der Waals surface area contributed by atoms with Crippen molar-refractivity contribution in [2.45, 2.75) is 4.90 Å². The molecule has 0 heterocycles. The maximum Gasteiger partial charge on any atom is 0.359 e. The molecule has 5 heteroatoms. The number of hydrogen-bond donors (Lipinski definition) is 0. The lowest BCUT2D eigenvalue weighted by atomic mass is 10.1. The third-order valence-corrected chi connectivity index (χ3v) is 3.37. The zero-order valence-corrected chi connectivity index (χ0v) is 9.15. The van der Waals surface area contributed by atoms with Gasteiger partial charge in [-0.25, -0.2) is 0 Å². The number of fused-ring (bicyclic) bond motifs is 1. The summed E-state index contributed by atoms with van der Waals surface area (Å²) in [5.41, 5.74) is 0. The van der Waals surface area contributed by atoms with Crippen LogP contribution in [0.25, 0.3) is 10.8 Å². The molecule has 0 atom stereocenters. The van der Waals surface area contributed by atoms with Crippen LogP contribution in [0, 0.1) is 0 Å². The average Bonchev–Trinajstić information content (AvgIpc) is 2.28. The van der Waals surface area contributed by atoms with Gasteiger partial charge in [-0.3, -0.25) is 4.28 Å². The zero-order chi connectivity index (χ0) is 11.6. The molecule has 82 valence electrons. The molecule has 0 saturated heterocycles. The second kappa shape index (κ2) is 3.94. The third-order valence-electron chi connectivity index (χ3n) is 2.17. The van der Waals surface area contributed by atoms with Crippen LogP contribution in [0.5, 0.6) is 0 Å². The van der Waals surface area contributed by atoms with Crippen LogP contribution < -0.4 is 0 Å². The summed E-state index contributed by atoms with van der Waals surface area (Å²) in [6.45, 7) is 3.00. The van der Waals surface area contributed by atoms with Gasteiger partial charge in [-0.05, 0) is 11.5 Å². The summed E-state index contributed by atoms with van der Waals surface area (Å²) in [6, 6.07) is 12.1. The Kier molecular flexibility index (Phi) is 2.62. The molecule has 0 fully saturated rings. The predicted octanol–water partition coefficient (Wildman–Crippen LogP) is 2.16. The average molecular weight is 235 g/mol. The van der Waals surface area contributed by atoms with Crippen molar-refractivity contribution in [1.82, 2.24) is 0 Å². The van der Waals surface area contributed by atoms with Gasteiger partial charge >= 0.3 is 10.1 Å². The molecule has 2 aromatic rings. The number of nitrogens with zero attached hydrogens (tertiary/aromatic N) is 1. The fourth-order valence-corrected chi connectivity index (χ4v) is 2.44. The molecule has 0 N–H and O–H groups in total. The van der Waals surface area contributed by atoms with Gasteiger partial charge in [0.05, 0.1) is 0 Å². The standard InChI is InChI=1S/C11H9NO3S/c1-12-15-16(13,14)11-8-4-6-9-5-2-3-7-10(9)11/h2-8H,1H2. The van der Waals surface area contributed by atoms with Crippen LogP contribution in [0.1, 0.15) is 0 Å². The summed E-state index contributed by atoms with van der Waals surface area (Å²) in [6.07, 6.45) is 0. The van der Waals surface area contributed by atoms with Gasteiger partial charge in [0.1, 0.15) is 4.90 Å². The van der Waals surface area contributed by atoms with Crippen molar-refractivity contribution in [2.75, 3.05) is 0 Å². The van der Waals surface area contributed by atoms with Gasteiger partial charge in [0.25, 0.3) is 0 Å². The molecule has 0 aliphatic carbocycles. The molecule has 2 aromatic carbocycles. The molecular weight excluding hydrogens is 226 g/mol. The van der Waals surface area contributed by atoms with Crippen LogP contribution in [-0.4, -0.2) is 15.1 Å². The van der Waals surface area contributed by atoms with Crippen molar-refractivity contribution in [3.05, 3.63) is 42.5 Å². The van der Waals surface area contributed by atoms with Gasteiger partial charge in [-0.15, -0.1) is 0 Å². The SMILES string of the molecule is C=NOS(=O)(=O)c1cccc2ccccc12. The van der Waals surface area contributed by atoms with E-state index in [0.29, 0.717) is 5.39 Å². The van der Waals surface area contributed by atoms with E-state index in [1.54, 1.807) is 18.2 Å². The van der Waals surface area contributed by atoms with E-state index < -0.39 is 10.1 Å². The van der Waals surface area contributed by atoms with Crippen LogP contribution >= 0.6 is 0 Å². The van der Waals surface area contributed by atoms with E-state index in [1.165, 1.54) is 6.07 Å². The maximum absolute atomic E-state index is 11.7. The Bertz CT molecular complexity index is 629. The normalized spacial score (nSPS) is 11.2. The lowest BCUT2D eigenvalue weighted by molar-refractivity contribution is 0.343. The van der Waals surface area contributed by atoms with Crippen LogP contribution in [0.3, 0.4) is 0 Å². The van der Waals surface area contributed by atoms with Gasteiger partial charge in [-0.1, -0.05) is 41.6 Å². The Morgan fingerprint density at radius 1 is 1.06 bits per heavy atom. The predicted molar refractivity (Wildman–Crippen MR) is 61.8 cm³/mol. The topological polar surface area (TPSA) is 55.7 Å². The minimum absolute atomic E-state index is 0.0954. The molecule has 0 spiro atoms. The van der Waals surface area contributed by atoms with E-state index in [9.17, 15) is 8.42 Å². The minimum atomic E-state index is -3.87. The summed E-state index contributed by atoms with van der Waals surface area (Å²) in [5, 5.41) is 4.39. The molecule has 0 aliphatic heterocycles. The Morgan fingerprint density at radius 3 is 2.50 bits per heavy atom. The second-order valence-corrected chi connectivity index (χ2v) is 4.63. The monoisotopic (exact) mass is 235 g/mol. The summed E-state index contributed by atoms with van der Waals surface area (Å²) >= 11 is 0. The zero-order valence-electron chi connectivity index (χ0n) is 8.33. The highest BCUT2D eigenvalue weighted by Crippen LogP contribution is 2.24. The Hall–Kier alpha value is -1.88. The van der Waals surface area contributed by atoms with Crippen molar-refractivity contribution in [3.8, 4) is 0 Å². The molecule has 0 unspecified atom stereocenters. The Balaban J connectivity index is 2.75. The molecular formula is C11H9NO3S. The fraction of sp³-hybridized carbons (Fsp3) is 0. The maximum atomic E-state index is 11.7.